The maximum atomic E-state index is 4.92. The molecule has 5 heteroatoms. The van der Waals surface area contributed by atoms with Crippen LogP contribution in [0.25, 0.3) is 11.2 Å². The minimum absolute atomic E-state index is 0.795. The zero-order valence-corrected chi connectivity index (χ0v) is 20.9. The molecule has 0 bridgehead atoms. The van der Waals surface area contributed by atoms with Crippen molar-refractivity contribution in [2.75, 3.05) is 18.4 Å². The number of aryl methyl sites for hydroxylation is 5. The van der Waals surface area contributed by atoms with E-state index in [1.165, 1.54) is 39.2 Å². The first-order valence-corrected chi connectivity index (χ1v) is 12.8. The number of aromatic nitrogens is 3. The molecule has 2 aliphatic heterocycles. The molecule has 4 heterocycles. The van der Waals surface area contributed by atoms with Gasteiger partial charge < -0.3 is 9.88 Å². The summed E-state index contributed by atoms with van der Waals surface area (Å²) in [7, 11) is 0. The van der Waals surface area contributed by atoms with E-state index in [9.17, 15) is 0 Å². The van der Waals surface area contributed by atoms with Crippen LogP contribution >= 0.6 is 0 Å². The first-order valence-electron chi connectivity index (χ1n) is 12.8. The Hall–Kier alpha value is -3.44. The number of pyridine rings is 1. The summed E-state index contributed by atoms with van der Waals surface area (Å²) in [5.41, 5.74) is 12.2. The summed E-state index contributed by atoms with van der Waals surface area (Å²) >= 11 is 0. The van der Waals surface area contributed by atoms with Crippen LogP contribution in [0.3, 0.4) is 0 Å². The van der Waals surface area contributed by atoms with Gasteiger partial charge in [0.1, 0.15) is 11.3 Å². The molecule has 6 rings (SSSR count). The second kappa shape index (κ2) is 8.97. The van der Waals surface area contributed by atoms with Crippen molar-refractivity contribution in [3.05, 3.63) is 94.0 Å². The summed E-state index contributed by atoms with van der Waals surface area (Å²) in [5.74, 6) is 1.10. The van der Waals surface area contributed by atoms with Crippen LogP contribution in [0.5, 0.6) is 0 Å². The van der Waals surface area contributed by atoms with Gasteiger partial charge in [0.25, 0.3) is 0 Å². The van der Waals surface area contributed by atoms with Crippen LogP contribution in [-0.4, -0.2) is 32.5 Å². The van der Waals surface area contributed by atoms with Gasteiger partial charge in [-0.15, -0.1) is 0 Å². The number of hydrogen-bond acceptors (Lipinski definition) is 4. The molecule has 0 atom stereocenters. The lowest BCUT2D eigenvalue weighted by atomic mass is 10.0. The highest BCUT2D eigenvalue weighted by Gasteiger charge is 2.17. The summed E-state index contributed by atoms with van der Waals surface area (Å²) < 4.78 is 2.30. The van der Waals surface area contributed by atoms with Crippen LogP contribution in [0, 0.1) is 13.8 Å². The van der Waals surface area contributed by atoms with Crippen LogP contribution < -0.4 is 5.32 Å². The van der Waals surface area contributed by atoms with Crippen molar-refractivity contribution in [1.82, 2.24) is 19.4 Å². The normalized spacial score (nSPS) is 15.2. The Balaban J connectivity index is 1.26. The number of benzene rings is 2. The second-order valence-electron chi connectivity index (χ2n) is 9.99. The molecule has 2 aromatic carbocycles. The van der Waals surface area contributed by atoms with Gasteiger partial charge in [-0.1, -0.05) is 43.3 Å². The van der Waals surface area contributed by atoms with E-state index in [1.54, 1.807) is 0 Å². The molecular weight excluding hydrogens is 430 g/mol. The molecule has 0 aliphatic carbocycles. The average Bonchev–Trinajstić information content (AvgIpc) is 3.43. The molecule has 178 valence electrons. The number of hydrogen-bond donors (Lipinski definition) is 1. The van der Waals surface area contributed by atoms with Crippen LogP contribution in [0.2, 0.25) is 0 Å². The second-order valence-corrected chi connectivity index (χ2v) is 9.99. The number of nitrogens with one attached hydrogen (secondary N) is 1. The molecule has 0 saturated heterocycles. The largest absolute Gasteiger partial charge is 0.355 e. The Morgan fingerprint density at radius 3 is 2.14 bits per heavy atom. The highest BCUT2D eigenvalue weighted by atomic mass is 15.1. The smallest absolute Gasteiger partial charge is 0.160 e. The molecule has 0 amide bonds. The summed E-state index contributed by atoms with van der Waals surface area (Å²) in [5, 5.41) is 3.72. The lowest BCUT2D eigenvalue weighted by molar-refractivity contribution is 0.345. The molecule has 0 fully saturated rings. The van der Waals surface area contributed by atoms with E-state index in [0.29, 0.717) is 0 Å². The van der Waals surface area contributed by atoms with Crippen molar-refractivity contribution in [1.29, 1.82) is 0 Å². The fraction of sp³-hybridized carbons (Fsp3) is 0.333. The van der Waals surface area contributed by atoms with E-state index in [-0.39, 0.29) is 0 Å². The van der Waals surface area contributed by atoms with Crippen LogP contribution in [0.1, 0.15) is 46.3 Å². The minimum atomic E-state index is 0.795. The summed E-state index contributed by atoms with van der Waals surface area (Å²) in [6, 6.07) is 15.9. The van der Waals surface area contributed by atoms with Gasteiger partial charge >= 0.3 is 0 Å². The van der Waals surface area contributed by atoms with Gasteiger partial charge in [-0.2, -0.15) is 0 Å². The van der Waals surface area contributed by atoms with Crippen molar-refractivity contribution >= 4 is 22.5 Å². The molecule has 5 nitrogen and oxygen atoms in total. The van der Waals surface area contributed by atoms with E-state index in [4.69, 9.17) is 9.97 Å². The number of rotatable bonds is 5. The fourth-order valence-electron chi connectivity index (χ4n) is 5.54. The SMILES string of the molecule is CCc1nc2c(C)cc(C)nc2n1Cc1ccc2c(c1)CCc1cc(CN3CC=CC3)ccc1N2. The molecule has 1 N–H and O–H groups in total. The van der Waals surface area contributed by atoms with Gasteiger partial charge in [0.05, 0.1) is 6.54 Å². The van der Waals surface area contributed by atoms with E-state index >= 15 is 0 Å². The predicted molar refractivity (Wildman–Crippen MR) is 143 cm³/mol. The third-order valence-corrected chi connectivity index (χ3v) is 7.33. The summed E-state index contributed by atoms with van der Waals surface area (Å²) in [6.07, 6.45) is 7.51. The molecule has 2 aliphatic rings. The lowest BCUT2D eigenvalue weighted by Gasteiger charge is -2.17. The summed E-state index contributed by atoms with van der Waals surface area (Å²) in [4.78, 5) is 12.2. The zero-order chi connectivity index (χ0) is 23.9. The van der Waals surface area contributed by atoms with Gasteiger partial charge in [0.15, 0.2) is 5.65 Å². The Bertz CT molecular complexity index is 1440. The monoisotopic (exact) mass is 463 g/mol. The number of fused-ring (bicyclic) bond motifs is 3. The van der Waals surface area contributed by atoms with Crippen LogP contribution in [0.4, 0.5) is 11.4 Å². The van der Waals surface area contributed by atoms with Crippen LogP contribution in [-0.2, 0) is 32.4 Å². The quantitative estimate of drug-likeness (QED) is 0.376. The van der Waals surface area contributed by atoms with Crippen molar-refractivity contribution < 1.29 is 0 Å². The van der Waals surface area contributed by atoms with E-state index in [1.807, 2.05) is 0 Å². The predicted octanol–water partition coefficient (Wildman–Crippen LogP) is 5.87. The van der Waals surface area contributed by atoms with Crippen molar-refractivity contribution in [3.63, 3.8) is 0 Å². The van der Waals surface area contributed by atoms with Gasteiger partial charge in [-0.3, -0.25) is 4.90 Å². The van der Waals surface area contributed by atoms with E-state index in [2.05, 4.69) is 90.2 Å². The lowest BCUT2D eigenvalue weighted by Crippen LogP contribution is -2.19. The molecule has 0 unspecified atom stereocenters. The van der Waals surface area contributed by atoms with Gasteiger partial charge in [-0.25, -0.2) is 9.97 Å². The van der Waals surface area contributed by atoms with E-state index in [0.717, 1.165) is 68.1 Å². The van der Waals surface area contributed by atoms with Gasteiger partial charge in [-0.05, 0) is 72.7 Å². The zero-order valence-electron chi connectivity index (χ0n) is 20.9. The molecule has 0 spiro atoms. The number of nitrogens with zero attached hydrogens (tertiary/aromatic N) is 4. The number of imidazole rings is 1. The molecule has 0 saturated carbocycles. The summed E-state index contributed by atoms with van der Waals surface area (Å²) in [6.45, 7) is 10.3. The van der Waals surface area contributed by atoms with Gasteiger partial charge in [0, 0.05) is 43.1 Å². The Morgan fingerprint density at radius 2 is 1.49 bits per heavy atom. The first kappa shape index (κ1) is 22.1. The first-order chi connectivity index (χ1) is 17.1. The van der Waals surface area contributed by atoms with Crippen molar-refractivity contribution in [2.45, 2.75) is 53.1 Å². The maximum absolute atomic E-state index is 4.92. The molecule has 4 aromatic rings. The van der Waals surface area contributed by atoms with Crippen molar-refractivity contribution in [3.8, 4) is 0 Å². The van der Waals surface area contributed by atoms with Gasteiger partial charge in [0.2, 0.25) is 0 Å². The highest BCUT2D eigenvalue weighted by molar-refractivity contribution is 5.76. The Kier molecular flexibility index (Phi) is 5.65. The maximum Gasteiger partial charge on any atom is 0.160 e. The number of anilines is 2. The standard InChI is InChI=1S/C30H33N5/c1-4-28-33-29-20(2)15-21(3)31-30(29)35(28)19-23-8-12-27-25(17-23)10-9-24-16-22(7-11-26(24)32-27)18-34-13-5-6-14-34/h5-8,11-12,15-17,32H,4,9-10,13-14,18-19H2,1-3H3. The molecule has 0 radical (unpaired) electrons. The Labute approximate surface area is 207 Å². The van der Waals surface area contributed by atoms with Crippen LogP contribution in [0.15, 0.2) is 54.6 Å². The minimum Gasteiger partial charge on any atom is -0.355 e. The molecular formula is C30H33N5. The van der Waals surface area contributed by atoms with E-state index < -0.39 is 0 Å². The topological polar surface area (TPSA) is 46.0 Å². The molecule has 2 aromatic heterocycles. The molecule has 35 heavy (non-hydrogen) atoms. The fourth-order valence-corrected chi connectivity index (χ4v) is 5.54. The highest BCUT2D eigenvalue weighted by Crippen LogP contribution is 2.32. The Morgan fingerprint density at radius 1 is 0.829 bits per heavy atom. The third kappa shape index (κ3) is 4.25. The average molecular weight is 464 g/mol. The third-order valence-electron chi connectivity index (χ3n) is 7.33. The van der Waals surface area contributed by atoms with Crippen molar-refractivity contribution in [2.24, 2.45) is 0 Å².